The van der Waals surface area contributed by atoms with Gasteiger partial charge in [0.15, 0.2) is 6.61 Å². The van der Waals surface area contributed by atoms with Crippen LogP contribution < -0.4 is 5.32 Å². The van der Waals surface area contributed by atoms with Crippen molar-refractivity contribution < 1.29 is 36.6 Å². The average Bonchev–Trinajstić information content (AvgIpc) is 2.66. The van der Waals surface area contributed by atoms with Gasteiger partial charge in [0.25, 0.3) is 0 Å². The Bertz CT molecular complexity index is 779. The Morgan fingerprint density at radius 2 is 1.57 bits per heavy atom. The van der Waals surface area contributed by atoms with Gasteiger partial charge in [-0.05, 0) is 23.3 Å². The molecule has 0 saturated carbocycles. The van der Waals surface area contributed by atoms with Crippen LogP contribution in [0.15, 0.2) is 54.6 Å². The molecule has 1 atom stereocenters. The van der Waals surface area contributed by atoms with E-state index in [1.807, 2.05) is 0 Å². The number of nitrogens with one attached hydrogen (secondary N) is 1. The summed E-state index contributed by atoms with van der Waals surface area (Å²) in [5.74, 6) is -1.80. The van der Waals surface area contributed by atoms with Crippen LogP contribution in [0.25, 0.3) is 0 Å². The number of alkyl carbamates (subject to hydrolysis) is 1. The summed E-state index contributed by atoms with van der Waals surface area (Å²) in [6.07, 6.45) is -5.90. The molecule has 1 amide bonds. The zero-order valence-corrected chi connectivity index (χ0v) is 14.5. The third-order valence-corrected chi connectivity index (χ3v) is 3.52. The largest absolute Gasteiger partial charge is 0.454 e. The molecule has 0 aliphatic rings. The molecule has 0 fully saturated rings. The molecule has 0 aliphatic heterocycles. The molecule has 28 heavy (non-hydrogen) atoms. The van der Waals surface area contributed by atoms with E-state index in [1.54, 1.807) is 30.3 Å². The van der Waals surface area contributed by atoms with Crippen LogP contribution in [0.1, 0.15) is 11.1 Å². The number of benzene rings is 2. The Morgan fingerprint density at radius 3 is 2.18 bits per heavy atom. The molecular weight excluding hydrogens is 382 g/mol. The lowest BCUT2D eigenvalue weighted by Crippen LogP contribution is -2.44. The molecule has 0 heterocycles. The van der Waals surface area contributed by atoms with Crippen molar-refractivity contribution in [3.05, 3.63) is 71.5 Å². The fraction of sp³-hybridized carbons (Fsp3) is 0.263. The standard InChI is InChI=1S/C19H17F4NO4/c20-15-8-6-13(7-9-15)10-16(17(25)28-12-19(21,22)23)24-18(26)27-11-14-4-2-1-3-5-14/h1-9,16H,10-12H2,(H,24,26)/t16-/m0/s1. The summed E-state index contributed by atoms with van der Waals surface area (Å²) < 4.78 is 59.1. The monoisotopic (exact) mass is 399 g/mol. The van der Waals surface area contributed by atoms with Gasteiger partial charge in [-0.1, -0.05) is 42.5 Å². The minimum absolute atomic E-state index is 0.0897. The molecule has 0 saturated heterocycles. The van der Waals surface area contributed by atoms with Crippen molar-refractivity contribution >= 4 is 12.1 Å². The van der Waals surface area contributed by atoms with Gasteiger partial charge >= 0.3 is 18.2 Å². The number of carbonyl (C=O) groups is 2. The zero-order valence-electron chi connectivity index (χ0n) is 14.5. The fourth-order valence-electron chi connectivity index (χ4n) is 2.21. The number of hydrogen-bond donors (Lipinski definition) is 1. The first kappa shape index (κ1) is 21.2. The molecule has 5 nitrogen and oxygen atoms in total. The quantitative estimate of drug-likeness (QED) is 0.569. The second-order valence-electron chi connectivity index (χ2n) is 5.81. The van der Waals surface area contributed by atoms with E-state index in [9.17, 15) is 27.2 Å². The van der Waals surface area contributed by atoms with Crippen LogP contribution in [0.4, 0.5) is 22.4 Å². The zero-order chi connectivity index (χ0) is 20.6. The van der Waals surface area contributed by atoms with E-state index in [2.05, 4.69) is 10.1 Å². The third-order valence-electron chi connectivity index (χ3n) is 3.52. The molecule has 0 aromatic heterocycles. The second-order valence-corrected chi connectivity index (χ2v) is 5.81. The highest BCUT2D eigenvalue weighted by atomic mass is 19.4. The van der Waals surface area contributed by atoms with Gasteiger partial charge in [-0.25, -0.2) is 14.0 Å². The number of amides is 1. The van der Waals surface area contributed by atoms with Crippen molar-refractivity contribution in [1.82, 2.24) is 5.32 Å². The smallest absolute Gasteiger partial charge is 0.422 e. The molecule has 0 aliphatic carbocycles. The molecule has 9 heteroatoms. The van der Waals surface area contributed by atoms with Gasteiger partial charge in [0.1, 0.15) is 18.5 Å². The molecule has 0 radical (unpaired) electrons. The van der Waals surface area contributed by atoms with Crippen molar-refractivity contribution in [3.8, 4) is 0 Å². The molecule has 0 bridgehead atoms. The molecule has 2 aromatic rings. The topological polar surface area (TPSA) is 64.6 Å². The predicted molar refractivity (Wildman–Crippen MR) is 90.7 cm³/mol. The first-order valence-electron chi connectivity index (χ1n) is 8.18. The van der Waals surface area contributed by atoms with Crippen LogP contribution in [0.2, 0.25) is 0 Å². The van der Waals surface area contributed by atoms with E-state index in [1.165, 1.54) is 12.1 Å². The highest BCUT2D eigenvalue weighted by Crippen LogP contribution is 2.15. The maximum atomic E-state index is 13.0. The van der Waals surface area contributed by atoms with Crippen molar-refractivity contribution in [3.63, 3.8) is 0 Å². The summed E-state index contributed by atoms with van der Waals surface area (Å²) in [5.41, 5.74) is 1.10. The number of alkyl halides is 3. The number of ether oxygens (including phenoxy) is 2. The lowest BCUT2D eigenvalue weighted by molar-refractivity contribution is -0.187. The molecule has 2 aromatic carbocycles. The number of hydrogen-bond acceptors (Lipinski definition) is 4. The summed E-state index contributed by atoms with van der Waals surface area (Å²) in [7, 11) is 0. The van der Waals surface area contributed by atoms with E-state index in [-0.39, 0.29) is 13.0 Å². The summed E-state index contributed by atoms with van der Waals surface area (Å²) >= 11 is 0. The lowest BCUT2D eigenvalue weighted by atomic mass is 10.1. The van der Waals surface area contributed by atoms with Gasteiger partial charge in [0.2, 0.25) is 0 Å². The number of rotatable bonds is 7. The van der Waals surface area contributed by atoms with Crippen molar-refractivity contribution in [2.24, 2.45) is 0 Å². The van der Waals surface area contributed by atoms with Crippen LogP contribution in [-0.2, 0) is 27.3 Å². The van der Waals surface area contributed by atoms with E-state index in [0.29, 0.717) is 11.1 Å². The van der Waals surface area contributed by atoms with E-state index in [0.717, 1.165) is 12.1 Å². The molecule has 150 valence electrons. The summed E-state index contributed by atoms with van der Waals surface area (Å²) in [5, 5.41) is 2.19. The first-order valence-corrected chi connectivity index (χ1v) is 8.18. The van der Waals surface area contributed by atoms with E-state index < -0.39 is 36.7 Å². The summed E-state index contributed by atoms with van der Waals surface area (Å²) in [6.45, 7) is -1.87. The number of carbonyl (C=O) groups excluding carboxylic acids is 2. The Balaban J connectivity index is 2.00. The maximum absolute atomic E-state index is 13.0. The Kier molecular flexibility index (Phi) is 7.36. The van der Waals surface area contributed by atoms with Crippen molar-refractivity contribution in [2.45, 2.75) is 25.2 Å². The van der Waals surface area contributed by atoms with Gasteiger partial charge < -0.3 is 14.8 Å². The van der Waals surface area contributed by atoms with Gasteiger partial charge in [0.05, 0.1) is 0 Å². The van der Waals surface area contributed by atoms with Crippen molar-refractivity contribution in [2.75, 3.05) is 6.61 Å². The van der Waals surface area contributed by atoms with Crippen LogP contribution >= 0.6 is 0 Å². The Labute approximate surface area is 158 Å². The van der Waals surface area contributed by atoms with Crippen LogP contribution in [-0.4, -0.2) is 30.9 Å². The maximum Gasteiger partial charge on any atom is 0.422 e. The summed E-state index contributed by atoms with van der Waals surface area (Å²) in [4.78, 5) is 24.0. The van der Waals surface area contributed by atoms with Crippen LogP contribution in [0.3, 0.4) is 0 Å². The molecule has 0 unspecified atom stereocenters. The van der Waals surface area contributed by atoms with E-state index >= 15 is 0 Å². The predicted octanol–water partition coefficient (Wildman–Crippen LogP) is 3.77. The normalized spacial score (nSPS) is 12.1. The van der Waals surface area contributed by atoms with Gasteiger partial charge in [-0.15, -0.1) is 0 Å². The SMILES string of the molecule is O=C(N[C@@H](Cc1ccc(F)cc1)C(=O)OCC(F)(F)F)OCc1ccccc1. The molecule has 1 N–H and O–H groups in total. The molecule has 2 rings (SSSR count). The van der Waals surface area contributed by atoms with Crippen LogP contribution in [0, 0.1) is 5.82 Å². The molecule has 0 spiro atoms. The second kappa shape index (κ2) is 9.72. The van der Waals surface area contributed by atoms with Gasteiger partial charge in [0, 0.05) is 6.42 Å². The Hall–Kier alpha value is -3.10. The number of halogens is 4. The average molecular weight is 399 g/mol. The molecular formula is C19H17F4NO4. The third kappa shape index (κ3) is 7.65. The van der Waals surface area contributed by atoms with Gasteiger partial charge in [-0.2, -0.15) is 13.2 Å². The summed E-state index contributed by atoms with van der Waals surface area (Å²) in [6, 6.07) is 12.2. The first-order chi connectivity index (χ1) is 13.2. The minimum atomic E-state index is -4.70. The Morgan fingerprint density at radius 1 is 0.929 bits per heavy atom. The highest BCUT2D eigenvalue weighted by molar-refractivity contribution is 5.81. The van der Waals surface area contributed by atoms with E-state index in [4.69, 9.17) is 4.74 Å². The lowest BCUT2D eigenvalue weighted by Gasteiger charge is -2.18. The number of esters is 1. The van der Waals surface area contributed by atoms with Crippen LogP contribution in [0.5, 0.6) is 0 Å². The highest BCUT2D eigenvalue weighted by Gasteiger charge is 2.32. The fourth-order valence-corrected chi connectivity index (χ4v) is 2.21. The van der Waals surface area contributed by atoms with Crippen molar-refractivity contribution in [1.29, 1.82) is 0 Å². The van der Waals surface area contributed by atoms with Gasteiger partial charge in [-0.3, -0.25) is 0 Å². The minimum Gasteiger partial charge on any atom is -0.454 e.